The highest BCUT2D eigenvalue weighted by molar-refractivity contribution is 5.89. The number of esters is 1. The van der Waals surface area contributed by atoms with Gasteiger partial charge in [0.1, 0.15) is 12.1 Å². The van der Waals surface area contributed by atoms with E-state index in [0.29, 0.717) is 18.3 Å². The summed E-state index contributed by atoms with van der Waals surface area (Å²) >= 11 is 0. The van der Waals surface area contributed by atoms with E-state index < -0.39 is 17.2 Å². The van der Waals surface area contributed by atoms with Crippen LogP contribution in [0.5, 0.6) is 0 Å². The van der Waals surface area contributed by atoms with Gasteiger partial charge in [-0.05, 0) is 50.0 Å². The highest BCUT2D eigenvalue weighted by Gasteiger charge is 2.59. The van der Waals surface area contributed by atoms with Crippen LogP contribution >= 0.6 is 0 Å². The predicted molar refractivity (Wildman–Crippen MR) is 71.7 cm³/mol. The topological polar surface area (TPSA) is 75.6 Å². The van der Waals surface area contributed by atoms with Crippen molar-refractivity contribution in [2.45, 2.75) is 49.7 Å². The average Bonchev–Trinajstić information content (AvgIpc) is 2.32. The Bertz CT molecular complexity index is 445. The van der Waals surface area contributed by atoms with Crippen molar-refractivity contribution >= 4 is 11.9 Å². The Hall–Kier alpha value is -1.36. The second-order valence-corrected chi connectivity index (χ2v) is 6.76. The third-order valence-electron chi connectivity index (χ3n) is 4.90. The number of aliphatic hydroxyl groups is 1. The van der Waals surface area contributed by atoms with Crippen LogP contribution in [-0.4, -0.2) is 34.7 Å². The summed E-state index contributed by atoms with van der Waals surface area (Å²) in [7, 11) is 0. The number of nitrogens with one attached hydrogen (secondary N) is 1. The Morgan fingerprint density at radius 3 is 2.50 bits per heavy atom. The van der Waals surface area contributed by atoms with Gasteiger partial charge in [0.15, 0.2) is 0 Å². The molecule has 0 aromatic heterocycles. The standard InChI is InChI=1S/C15H21NO4/c1-2-12(17)16-8-13(18)20-15-6-10-3-11(7-15)5-14(19,4-10)9-15/h2,10-11,19H,1,3-9H2,(H,16,17). The normalized spacial score (nSPS) is 41.2. The zero-order chi connectivity index (χ0) is 14.4. The van der Waals surface area contributed by atoms with Crippen molar-refractivity contribution in [2.75, 3.05) is 6.54 Å². The number of carbonyl (C=O) groups excluding carboxylic acids is 2. The molecule has 0 aromatic rings. The molecule has 2 atom stereocenters. The van der Waals surface area contributed by atoms with Gasteiger partial charge in [-0.15, -0.1) is 0 Å². The third-order valence-corrected chi connectivity index (χ3v) is 4.90. The maximum absolute atomic E-state index is 11.9. The van der Waals surface area contributed by atoms with Gasteiger partial charge in [0.25, 0.3) is 0 Å². The monoisotopic (exact) mass is 279 g/mol. The van der Waals surface area contributed by atoms with Crippen molar-refractivity contribution in [3.05, 3.63) is 12.7 Å². The molecule has 4 rings (SSSR count). The first-order chi connectivity index (χ1) is 9.42. The van der Waals surface area contributed by atoms with Crippen LogP contribution in [0.4, 0.5) is 0 Å². The molecule has 0 radical (unpaired) electrons. The second kappa shape index (κ2) is 4.58. The van der Waals surface area contributed by atoms with Gasteiger partial charge in [-0.2, -0.15) is 0 Å². The number of ether oxygens (including phenoxy) is 1. The molecule has 4 saturated carbocycles. The van der Waals surface area contributed by atoms with E-state index in [9.17, 15) is 14.7 Å². The zero-order valence-corrected chi connectivity index (χ0v) is 11.6. The lowest BCUT2D eigenvalue weighted by atomic mass is 9.52. The lowest BCUT2D eigenvalue weighted by Crippen LogP contribution is -2.60. The summed E-state index contributed by atoms with van der Waals surface area (Å²) in [6.07, 6.45) is 6.22. The highest BCUT2D eigenvalue weighted by atomic mass is 16.6. The van der Waals surface area contributed by atoms with Gasteiger partial charge in [-0.3, -0.25) is 9.59 Å². The van der Waals surface area contributed by atoms with Crippen molar-refractivity contribution in [1.29, 1.82) is 0 Å². The molecular weight excluding hydrogens is 258 g/mol. The summed E-state index contributed by atoms with van der Waals surface area (Å²) in [5.41, 5.74) is -1.15. The van der Waals surface area contributed by atoms with Gasteiger partial charge in [0.05, 0.1) is 5.60 Å². The van der Waals surface area contributed by atoms with Gasteiger partial charge in [0.2, 0.25) is 5.91 Å². The molecule has 20 heavy (non-hydrogen) atoms. The number of amides is 1. The van der Waals surface area contributed by atoms with E-state index in [4.69, 9.17) is 4.74 Å². The van der Waals surface area contributed by atoms with Crippen LogP contribution in [-0.2, 0) is 14.3 Å². The molecule has 4 aliphatic rings. The predicted octanol–water partition coefficient (Wildman–Crippen LogP) is 0.915. The molecule has 0 aromatic carbocycles. The number of carbonyl (C=O) groups is 2. The first-order valence-corrected chi connectivity index (χ1v) is 7.26. The van der Waals surface area contributed by atoms with Crippen molar-refractivity contribution in [3.8, 4) is 0 Å². The molecule has 5 heteroatoms. The fourth-order valence-electron chi connectivity index (χ4n) is 4.76. The molecule has 1 amide bonds. The molecule has 0 aliphatic heterocycles. The molecule has 2 unspecified atom stereocenters. The van der Waals surface area contributed by atoms with Gasteiger partial charge < -0.3 is 15.2 Å². The van der Waals surface area contributed by atoms with Crippen LogP contribution in [0.1, 0.15) is 38.5 Å². The van der Waals surface area contributed by atoms with Crippen LogP contribution in [0.3, 0.4) is 0 Å². The Morgan fingerprint density at radius 1 is 1.30 bits per heavy atom. The van der Waals surface area contributed by atoms with Crippen LogP contribution in [0.25, 0.3) is 0 Å². The molecule has 0 heterocycles. The molecule has 4 aliphatic carbocycles. The van der Waals surface area contributed by atoms with Gasteiger partial charge in [-0.25, -0.2) is 0 Å². The van der Waals surface area contributed by atoms with Crippen molar-refractivity contribution < 1.29 is 19.4 Å². The minimum Gasteiger partial charge on any atom is -0.458 e. The van der Waals surface area contributed by atoms with Crippen LogP contribution in [0.15, 0.2) is 12.7 Å². The molecule has 0 spiro atoms. The lowest BCUT2D eigenvalue weighted by molar-refractivity contribution is -0.219. The highest BCUT2D eigenvalue weighted by Crippen LogP contribution is 2.58. The molecule has 110 valence electrons. The SMILES string of the molecule is C=CC(=O)NCC(=O)OC12CC3CC(CC(O)(C3)C1)C2. The lowest BCUT2D eigenvalue weighted by Gasteiger charge is -2.59. The van der Waals surface area contributed by atoms with Gasteiger partial charge in [-0.1, -0.05) is 6.58 Å². The smallest absolute Gasteiger partial charge is 0.325 e. The van der Waals surface area contributed by atoms with E-state index in [2.05, 4.69) is 11.9 Å². The summed E-state index contributed by atoms with van der Waals surface area (Å²) in [6, 6.07) is 0. The van der Waals surface area contributed by atoms with Gasteiger partial charge in [0, 0.05) is 6.42 Å². The van der Waals surface area contributed by atoms with Crippen molar-refractivity contribution in [3.63, 3.8) is 0 Å². The molecule has 4 fully saturated rings. The first kappa shape index (κ1) is 13.6. The number of hydrogen-bond donors (Lipinski definition) is 2. The average molecular weight is 279 g/mol. The Labute approximate surface area is 118 Å². The maximum Gasteiger partial charge on any atom is 0.325 e. The zero-order valence-electron chi connectivity index (χ0n) is 11.6. The third kappa shape index (κ3) is 2.46. The first-order valence-electron chi connectivity index (χ1n) is 7.26. The minimum absolute atomic E-state index is 0.139. The number of rotatable bonds is 4. The largest absolute Gasteiger partial charge is 0.458 e. The van der Waals surface area contributed by atoms with Crippen molar-refractivity contribution in [1.82, 2.24) is 5.32 Å². The number of hydrogen-bond acceptors (Lipinski definition) is 4. The van der Waals surface area contributed by atoms with Crippen LogP contribution in [0.2, 0.25) is 0 Å². The van der Waals surface area contributed by atoms with Crippen LogP contribution in [0, 0.1) is 11.8 Å². The molecule has 0 saturated heterocycles. The van der Waals surface area contributed by atoms with E-state index in [-0.39, 0.29) is 12.5 Å². The van der Waals surface area contributed by atoms with E-state index in [1.54, 1.807) is 0 Å². The van der Waals surface area contributed by atoms with E-state index in [1.165, 1.54) is 0 Å². The van der Waals surface area contributed by atoms with E-state index in [0.717, 1.165) is 38.2 Å². The Morgan fingerprint density at radius 2 is 1.95 bits per heavy atom. The minimum atomic E-state index is -0.644. The Balaban J connectivity index is 1.63. The fourth-order valence-corrected chi connectivity index (χ4v) is 4.76. The summed E-state index contributed by atoms with van der Waals surface area (Å²) in [6.45, 7) is 3.19. The van der Waals surface area contributed by atoms with Crippen molar-refractivity contribution in [2.24, 2.45) is 11.8 Å². The summed E-state index contributed by atoms with van der Waals surface area (Å²) in [4.78, 5) is 23.0. The Kier molecular flexibility index (Phi) is 3.12. The molecular formula is C15H21NO4. The van der Waals surface area contributed by atoms with Gasteiger partial charge >= 0.3 is 5.97 Å². The van der Waals surface area contributed by atoms with E-state index >= 15 is 0 Å². The van der Waals surface area contributed by atoms with E-state index in [1.807, 2.05) is 0 Å². The maximum atomic E-state index is 11.9. The molecule has 5 nitrogen and oxygen atoms in total. The van der Waals surface area contributed by atoms with Crippen LogP contribution < -0.4 is 5.32 Å². The fraction of sp³-hybridized carbons (Fsp3) is 0.733. The molecule has 4 bridgehead atoms. The molecule has 2 N–H and O–H groups in total. The summed E-state index contributed by atoms with van der Waals surface area (Å²) in [5.74, 6) is 0.130. The summed E-state index contributed by atoms with van der Waals surface area (Å²) in [5, 5.41) is 13.0. The second-order valence-electron chi connectivity index (χ2n) is 6.76. The quantitative estimate of drug-likeness (QED) is 0.592. The summed E-state index contributed by atoms with van der Waals surface area (Å²) < 4.78 is 5.66.